The van der Waals surface area contributed by atoms with Gasteiger partial charge in [0.05, 0.1) is 11.0 Å². The van der Waals surface area contributed by atoms with Gasteiger partial charge in [0.1, 0.15) is 0 Å². The van der Waals surface area contributed by atoms with Crippen molar-refractivity contribution in [2.24, 2.45) is 0 Å². The van der Waals surface area contributed by atoms with Gasteiger partial charge in [0.25, 0.3) is 5.69 Å². The Hall–Kier alpha value is -4.18. The number of nitro benzene ring substituents is 1. The third-order valence-corrected chi connectivity index (χ3v) is 7.02. The Bertz CT molecular complexity index is 1430. The van der Waals surface area contributed by atoms with E-state index in [0.717, 1.165) is 22.4 Å². The zero-order valence-electron chi connectivity index (χ0n) is 21.1. The van der Waals surface area contributed by atoms with Crippen LogP contribution in [0.2, 0.25) is 0 Å². The third kappa shape index (κ3) is 6.15. The highest BCUT2D eigenvalue weighted by Gasteiger charge is 2.22. The van der Waals surface area contributed by atoms with Crippen molar-refractivity contribution in [2.45, 2.75) is 44.6 Å². The lowest BCUT2D eigenvalue weighted by Crippen LogP contribution is -2.32. The molecule has 4 aromatic rings. The lowest BCUT2D eigenvalue weighted by Gasteiger charge is -2.17. The van der Waals surface area contributed by atoms with Gasteiger partial charge in [-0.1, -0.05) is 53.7 Å². The van der Waals surface area contributed by atoms with Gasteiger partial charge in [-0.25, -0.2) is 4.79 Å². The van der Waals surface area contributed by atoms with Crippen LogP contribution in [-0.2, 0) is 5.75 Å². The van der Waals surface area contributed by atoms with Crippen molar-refractivity contribution in [1.29, 1.82) is 0 Å². The molecule has 0 aliphatic carbocycles. The molecule has 0 radical (unpaired) electrons. The Labute approximate surface area is 219 Å². The van der Waals surface area contributed by atoms with Crippen LogP contribution in [0.4, 0.5) is 16.2 Å². The van der Waals surface area contributed by atoms with E-state index in [9.17, 15) is 14.9 Å². The molecule has 2 N–H and O–H groups in total. The summed E-state index contributed by atoms with van der Waals surface area (Å²) in [4.78, 5) is 23.5. The minimum Gasteiger partial charge on any atom is -0.328 e. The van der Waals surface area contributed by atoms with Crippen LogP contribution in [-0.4, -0.2) is 25.7 Å². The van der Waals surface area contributed by atoms with Crippen LogP contribution in [0.3, 0.4) is 0 Å². The van der Waals surface area contributed by atoms with Crippen molar-refractivity contribution < 1.29 is 9.72 Å². The highest BCUT2D eigenvalue weighted by atomic mass is 32.2. The molecule has 1 aromatic heterocycles. The lowest BCUT2D eigenvalue weighted by atomic mass is 10.1. The Morgan fingerprint density at radius 2 is 1.78 bits per heavy atom. The molecule has 0 spiro atoms. The first-order chi connectivity index (χ1) is 17.7. The maximum atomic E-state index is 12.8. The van der Waals surface area contributed by atoms with E-state index in [4.69, 9.17) is 0 Å². The predicted octanol–water partition coefficient (Wildman–Crippen LogP) is 6.28. The molecule has 10 heteroatoms. The van der Waals surface area contributed by atoms with Crippen molar-refractivity contribution in [1.82, 2.24) is 20.1 Å². The number of hydrogen-bond donors (Lipinski definition) is 2. The van der Waals surface area contributed by atoms with E-state index < -0.39 is 11.0 Å². The molecule has 3 aromatic carbocycles. The maximum absolute atomic E-state index is 12.8. The molecule has 1 atom stereocenters. The molecule has 1 unspecified atom stereocenters. The van der Waals surface area contributed by atoms with Crippen molar-refractivity contribution >= 4 is 29.2 Å². The van der Waals surface area contributed by atoms with Gasteiger partial charge in [0, 0.05) is 29.3 Å². The number of carbonyl (C=O) groups excluding carboxylic acids is 1. The number of anilines is 1. The second-order valence-corrected chi connectivity index (χ2v) is 9.74. The van der Waals surface area contributed by atoms with Gasteiger partial charge in [0.15, 0.2) is 11.0 Å². The number of benzene rings is 3. The molecule has 0 bridgehead atoms. The lowest BCUT2D eigenvalue weighted by molar-refractivity contribution is -0.384. The molecule has 4 rings (SSSR count). The molecule has 0 aliphatic heterocycles. The zero-order valence-corrected chi connectivity index (χ0v) is 21.9. The first kappa shape index (κ1) is 25.9. The number of rotatable bonds is 8. The van der Waals surface area contributed by atoms with Crippen LogP contribution >= 0.6 is 11.8 Å². The molecule has 0 saturated carbocycles. The molecule has 2 amide bonds. The summed E-state index contributed by atoms with van der Waals surface area (Å²) >= 11 is 1.50. The number of non-ortho nitro benzene ring substituents is 1. The molecular weight excluding hydrogens is 488 g/mol. The van der Waals surface area contributed by atoms with E-state index in [1.165, 1.54) is 29.5 Å². The molecule has 1 heterocycles. The predicted molar refractivity (Wildman–Crippen MR) is 145 cm³/mol. The molecule has 37 heavy (non-hydrogen) atoms. The molecular formula is C27H28N6O3S. The quantitative estimate of drug-likeness (QED) is 0.162. The van der Waals surface area contributed by atoms with Crippen LogP contribution in [0.15, 0.2) is 71.9 Å². The SMILES string of the molecule is Cc1cccc(CSc2nnc(C(C)NC(=O)Nc3cccc(C)c3C)n2-c2ccc([N+](=O)[O-])cc2)c1. The normalized spacial score (nSPS) is 11.7. The topological polar surface area (TPSA) is 115 Å². The van der Waals surface area contributed by atoms with E-state index in [2.05, 4.69) is 33.0 Å². The summed E-state index contributed by atoms with van der Waals surface area (Å²) in [5.74, 6) is 1.18. The van der Waals surface area contributed by atoms with Crippen LogP contribution in [0.1, 0.15) is 41.0 Å². The van der Waals surface area contributed by atoms with E-state index in [1.807, 2.05) is 62.6 Å². The largest absolute Gasteiger partial charge is 0.328 e. The second kappa shape index (κ2) is 11.3. The highest BCUT2D eigenvalue weighted by Crippen LogP contribution is 2.29. The minimum absolute atomic E-state index is 0.00795. The average molecular weight is 517 g/mol. The van der Waals surface area contributed by atoms with Gasteiger partial charge < -0.3 is 10.6 Å². The van der Waals surface area contributed by atoms with Crippen LogP contribution in [0.25, 0.3) is 5.69 Å². The number of urea groups is 1. The monoisotopic (exact) mass is 516 g/mol. The Morgan fingerprint density at radius 3 is 2.49 bits per heavy atom. The van der Waals surface area contributed by atoms with E-state index in [0.29, 0.717) is 22.4 Å². The molecule has 0 fully saturated rings. The van der Waals surface area contributed by atoms with E-state index in [1.54, 1.807) is 12.1 Å². The molecule has 9 nitrogen and oxygen atoms in total. The van der Waals surface area contributed by atoms with Gasteiger partial charge in [-0.05, 0) is 62.6 Å². The maximum Gasteiger partial charge on any atom is 0.319 e. The van der Waals surface area contributed by atoms with Crippen molar-refractivity contribution in [3.8, 4) is 5.69 Å². The van der Waals surface area contributed by atoms with Gasteiger partial charge in [-0.15, -0.1) is 10.2 Å². The van der Waals surface area contributed by atoms with Crippen molar-refractivity contribution in [3.63, 3.8) is 0 Å². The number of hydrogen-bond acceptors (Lipinski definition) is 6. The van der Waals surface area contributed by atoms with Gasteiger partial charge in [0.2, 0.25) is 0 Å². The Kier molecular flexibility index (Phi) is 7.88. The fourth-order valence-electron chi connectivity index (χ4n) is 3.88. The summed E-state index contributed by atoms with van der Waals surface area (Å²) in [5.41, 5.74) is 5.78. The van der Waals surface area contributed by atoms with Gasteiger partial charge in [-0.2, -0.15) is 0 Å². The van der Waals surface area contributed by atoms with Crippen LogP contribution in [0, 0.1) is 30.9 Å². The average Bonchev–Trinajstić information content (AvgIpc) is 3.30. The molecule has 0 saturated heterocycles. The highest BCUT2D eigenvalue weighted by molar-refractivity contribution is 7.98. The first-order valence-electron chi connectivity index (χ1n) is 11.7. The number of nitro groups is 1. The molecule has 0 aliphatic rings. The number of aryl methyl sites for hydroxylation is 2. The first-order valence-corrected chi connectivity index (χ1v) is 12.7. The number of nitrogens with one attached hydrogen (secondary N) is 2. The zero-order chi connectivity index (χ0) is 26.5. The van der Waals surface area contributed by atoms with Crippen LogP contribution < -0.4 is 10.6 Å². The van der Waals surface area contributed by atoms with E-state index in [-0.39, 0.29) is 11.7 Å². The Balaban J connectivity index is 1.60. The number of nitrogens with zero attached hydrogens (tertiary/aromatic N) is 4. The third-order valence-electron chi connectivity index (χ3n) is 6.02. The summed E-state index contributed by atoms with van der Waals surface area (Å²) in [7, 11) is 0. The van der Waals surface area contributed by atoms with E-state index >= 15 is 0 Å². The summed E-state index contributed by atoms with van der Waals surface area (Å²) in [5, 5.41) is 26.4. The fourth-order valence-corrected chi connectivity index (χ4v) is 4.78. The number of carbonyl (C=O) groups is 1. The van der Waals surface area contributed by atoms with Gasteiger partial charge in [-0.3, -0.25) is 14.7 Å². The Morgan fingerprint density at radius 1 is 1.05 bits per heavy atom. The second-order valence-electron chi connectivity index (χ2n) is 8.80. The number of thioether (sulfide) groups is 1. The summed E-state index contributed by atoms with van der Waals surface area (Å²) in [6.07, 6.45) is 0. The summed E-state index contributed by atoms with van der Waals surface area (Å²) in [6.45, 7) is 7.81. The summed E-state index contributed by atoms with van der Waals surface area (Å²) in [6, 6.07) is 19.3. The minimum atomic E-state index is -0.499. The van der Waals surface area contributed by atoms with Crippen molar-refractivity contribution in [3.05, 3.63) is 105 Å². The van der Waals surface area contributed by atoms with Crippen LogP contribution in [0.5, 0.6) is 0 Å². The number of amides is 2. The van der Waals surface area contributed by atoms with Crippen molar-refractivity contribution in [2.75, 3.05) is 5.32 Å². The standard InChI is InChI=1S/C27H28N6O3S/c1-17-7-5-9-21(15-17)16-37-27-31-30-25(32(27)22-11-13-23(14-12-22)33(35)36)20(4)28-26(34)29-24-10-6-8-18(2)19(24)3/h5-15,20H,16H2,1-4H3,(H2,28,29,34). The molecule has 190 valence electrons. The van der Waals surface area contributed by atoms with Gasteiger partial charge >= 0.3 is 6.03 Å². The smallest absolute Gasteiger partial charge is 0.319 e. The summed E-state index contributed by atoms with van der Waals surface area (Å²) < 4.78 is 1.83. The number of aromatic nitrogens is 3. The fraction of sp³-hybridized carbons (Fsp3) is 0.222.